The van der Waals surface area contributed by atoms with Gasteiger partial charge in [-0.3, -0.25) is 9.59 Å². The van der Waals surface area contributed by atoms with E-state index in [2.05, 4.69) is 14.9 Å². The Morgan fingerprint density at radius 3 is 2.84 bits per heavy atom. The molecule has 1 N–H and O–H groups in total. The molecule has 4 rings (SSSR count). The summed E-state index contributed by atoms with van der Waals surface area (Å²) in [5, 5.41) is 3.15. The minimum atomic E-state index is -0.434. The highest BCUT2D eigenvalue weighted by Gasteiger charge is 2.34. The Bertz CT molecular complexity index is 813. The van der Waals surface area contributed by atoms with Crippen molar-refractivity contribution in [3.8, 4) is 0 Å². The van der Waals surface area contributed by atoms with Crippen molar-refractivity contribution in [3.05, 3.63) is 53.6 Å². The topological polar surface area (TPSA) is 67.2 Å². The summed E-state index contributed by atoms with van der Waals surface area (Å²) in [6.45, 7) is 2.77. The molecule has 2 atom stereocenters. The number of carbonyl (C=O) groups is 2. The summed E-state index contributed by atoms with van der Waals surface area (Å²) in [5.41, 5.74) is 2.28. The lowest BCUT2D eigenvalue weighted by Gasteiger charge is -2.36. The lowest BCUT2D eigenvalue weighted by atomic mass is 9.93. The van der Waals surface area contributed by atoms with E-state index in [1.54, 1.807) is 11.1 Å². The van der Waals surface area contributed by atoms with E-state index in [0.29, 0.717) is 13.0 Å². The second kappa shape index (κ2) is 6.35. The molecule has 0 unspecified atom stereocenters. The third-order valence-corrected chi connectivity index (χ3v) is 5.24. The van der Waals surface area contributed by atoms with Crippen LogP contribution in [0, 0.1) is 0 Å². The fourth-order valence-corrected chi connectivity index (χ4v) is 3.87. The van der Waals surface area contributed by atoms with Gasteiger partial charge in [0, 0.05) is 51.3 Å². The Kier molecular flexibility index (Phi) is 4.03. The maximum absolute atomic E-state index is 12.9. The molecular formula is C19H22N4O2. The molecule has 0 aliphatic carbocycles. The van der Waals surface area contributed by atoms with Crippen molar-refractivity contribution >= 4 is 11.8 Å². The standard InChI is InChI=1S/C19H22N4O2/c1-13(24)23-11-15-5-3-2-4-14(15)10-17(23)19(25)21-16-6-7-18-20-8-9-22(18)12-16/h2-5,8-9,16-17H,6-7,10-12H2,1H3,(H,21,25)/t16-,17+/m1/s1. The third kappa shape index (κ3) is 3.04. The van der Waals surface area contributed by atoms with Crippen LogP contribution in [0.5, 0.6) is 0 Å². The van der Waals surface area contributed by atoms with E-state index >= 15 is 0 Å². The number of hydrogen-bond donors (Lipinski definition) is 1. The number of carbonyl (C=O) groups excluding carboxylic acids is 2. The van der Waals surface area contributed by atoms with Gasteiger partial charge in [0.2, 0.25) is 11.8 Å². The van der Waals surface area contributed by atoms with Crippen molar-refractivity contribution in [2.24, 2.45) is 0 Å². The quantitative estimate of drug-likeness (QED) is 0.897. The van der Waals surface area contributed by atoms with Gasteiger partial charge in [-0.1, -0.05) is 24.3 Å². The van der Waals surface area contributed by atoms with Crippen LogP contribution in [0.3, 0.4) is 0 Å². The fraction of sp³-hybridized carbons (Fsp3) is 0.421. The molecule has 0 saturated heterocycles. The average molecular weight is 338 g/mol. The van der Waals surface area contributed by atoms with Gasteiger partial charge in [0.25, 0.3) is 0 Å². The number of imidazole rings is 1. The highest BCUT2D eigenvalue weighted by Crippen LogP contribution is 2.24. The molecular weight excluding hydrogens is 316 g/mol. The Morgan fingerprint density at radius 2 is 2.04 bits per heavy atom. The van der Waals surface area contributed by atoms with Crippen LogP contribution in [0.25, 0.3) is 0 Å². The average Bonchev–Trinajstić information content (AvgIpc) is 3.08. The van der Waals surface area contributed by atoms with Crippen LogP contribution in [0.2, 0.25) is 0 Å². The van der Waals surface area contributed by atoms with Gasteiger partial charge in [0.05, 0.1) is 0 Å². The van der Waals surface area contributed by atoms with Gasteiger partial charge in [-0.25, -0.2) is 4.98 Å². The summed E-state index contributed by atoms with van der Waals surface area (Å²) in [5.74, 6) is 0.955. The number of fused-ring (bicyclic) bond motifs is 2. The summed E-state index contributed by atoms with van der Waals surface area (Å²) in [6.07, 6.45) is 6.07. The van der Waals surface area contributed by atoms with Gasteiger partial charge in [0.1, 0.15) is 11.9 Å². The van der Waals surface area contributed by atoms with Crippen LogP contribution in [-0.4, -0.2) is 38.3 Å². The van der Waals surface area contributed by atoms with Crippen LogP contribution < -0.4 is 5.32 Å². The Labute approximate surface area is 146 Å². The zero-order valence-electron chi connectivity index (χ0n) is 14.3. The van der Waals surface area contributed by atoms with Crippen LogP contribution >= 0.6 is 0 Å². The molecule has 6 nitrogen and oxygen atoms in total. The number of nitrogens with zero attached hydrogens (tertiary/aromatic N) is 3. The van der Waals surface area contributed by atoms with Gasteiger partial charge < -0.3 is 14.8 Å². The first-order valence-corrected chi connectivity index (χ1v) is 8.76. The number of rotatable bonds is 2. The zero-order valence-corrected chi connectivity index (χ0v) is 14.3. The van der Waals surface area contributed by atoms with Crippen molar-refractivity contribution in [2.45, 2.75) is 51.4 Å². The summed E-state index contributed by atoms with van der Waals surface area (Å²) in [6, 6.07) is 7.69. The summed E-state index contributed by atoms with van der Waals surface area (Å²) < 4.78 is 2.09. The number of aromatic nitrogens is 2. The molecule has 2 amide bonds. The predicted molar refractivity (Wildman–Crippen MR) is 92.6 cm³/mol. The predicted octanol–water partition coefficient (Wildman–Crippen LogP) is 1.29. The van der Waals surface area contributed by atoms with Gasteiger partial charge in [-0.2, -0.15) is 0 Å². The Balaban J connectivity index is 1.50. The smallest absolute Gasteiger partial charge is 0.243 e. The maximum Gasteiger partial charge on any atom is 0.243 e. The molecule has 130 valence electrons. The van der Waals surface area contributed by atoms with Crippen molar-refractivity contribution in [2.75, 3.05) is 0 Å². The number of benzene rings is 1. The van der Waals surface area contributed by atoms with Crippen molar-refractivity contribution in [1.29, 1.82) is 0 Å². The van der Waals surface area contributed by atoms with E-state index in [-0.39, 0.29) is 17.9 Å². The first-order valence-electron chi connectivity index (χ1n) is 8.76. The molecule has 3 heterocycles. The van der Waals surface area contributed by atoms with Gasteiger partial charge in [-0.15, -0.1) is 0 Å². The number of aryl methyl sites for hydroxylation is 1. The summed E-state index contributed by atoms with van der Waals surface area (Å²) in [4.78, 5) is 31.0. The minimum absolute atomic E-state index is 0.0572. The second-order valence-electron chi connectivity index (χ2n) is 6.88. The molecule has 2 aliphatic heterocycles. The molecule has 2 aromatic rings. The normalized spacial score (nSPS) is 22.0. The monoisotopic (exact) mass is 338 g/mol. The zero-order chi connectivity index (χ0) is 17.4. The Morgan fingerprint density at radius 1 is 1.24 bits per heavy atom. The largest absolute Gasteiger partial charge is 0.350 e. The van der Waals surface area contributed by atoms with E-state index < -0.39 is 6.04 Å². The molecule has 25 heavy (non-hydrogen) atoms. The first kappa shape index (κ1) is 15.9. The van der Waals surface area contributed by atoms with E-state index in [1.165, 1.54) is 6.92 Å². The highest BCUT2D eigenvalue weighted by atomic mass is 16.2. The fourth-order valence-electron chi connectivity index (χ4n) is 3.87. The molecule has 0 radical (unpaired) electrons. The van der Waals surface area contributed by atoms with Crippen molar-refractivity contribution in [3.63, 3.8) is 0 Å². The lowest BCUT2D eigenvalue weighted by Crippen LogP contribution is -2.54. The molecule has 0 fully saturated rings. The van der Waals surface area contributed by atoms with Crippen LogP contribution in [-0.2, 0) is 35.5 Å². The lowest BCUT2D eigenvalue weighted by molar-refractivity contribution is -0.140. The third-order valence-electron chi connectivity index (χ3n) is 5.24. The van der Waals surface area contributed by atoms with E-state index in [9.17, 15) is 9.59 Å². The van der Waals surface area contributed by atoms with Gasteiger partial charge in [0.15, 0.2) is 0 Å². The SMILES string of the molecule is CC(=O)N1Cc2ccccc2C[C@H]1C(=O)N[C@@H]1CCc2nccn2C1. The van der Waals surface area contributed by atoms with Gasteiger partial charge >= 0.3 is 0 Å². The van der Waals surface area contributed by atoms with Crippen LogP contribution in [0.1, 0.15) is 30.3 Å². The van der Waals surface area contributed by atoms with Crippen molar-refractivity contribution in [1.82, 2.24) is 19.8 Å². The number of hydrogen-bond acceptors (Lipinski definition) is 3. The van der Waals surface area contributed by atoms with Gasteiger partial charge in [-0.05, 0) is 17.5 Å². The van der Waals surface area contributed by atoms with Crippen LogP contribution in [0.15, 0.2) is 36.7 Å². The van der Waals surface area contributed by atoms with Crippen molar-refractivity contribution < 1.29 is 9.59 Å². The highest BCUT2D eigenvalue weighted by molar-refractivity contribution is 5.88. The summed E-state index contributed by atoms with van der Waals surface area (Å²) in [7, 11) is 0. The number of nitrogens with one attached hydrogen (secondary N) is 1. The maximum atomic E-state index is 12.9. The first-order chi connectivity index (χ1) is 12.1. The molecule has 1 aromatic carbocycles. The van der Waals surface area contributed by atoms with Crippen LogP contribution in [0.4, 0.5) is 0 Å². The van der Waals surface area contributed by atoms with E-state index in [0.717, 1.165) is 36.3 Å². The molecule has 2 aliphatic rings. The molecule has 6 heteroatoms. The van der Waals surface area contributed by atoms with E-state index in [1.807, 2.05) is 30.5 Å². The molecule has 1 aromatic heterocycles. The molecule has 0 saturated carbocycles. The summed E-state index contributed by atoms with van der Waals surface area (Å²) >= 11 is 0. The second-order valence-corrected chi connectivity index (χ2v) is 6.88. The molecule has 0 spiro atoms. The Hall–Kier alpha value is -2.63. The van der Waals surface area contributed by atoms with E-state index in [4.69, 9.17) is 0 Å². The number of amides is 2. The molecule has 0 bridgehead atoms. The minimum Gasteiger partial charge on any atom is -0.350 e.